The van der Waals surface area contributed by atoms with E-state index in [9.17, 15) is 13.2 Å². The number of rotatable bonds is 1. The van der Waals surface area contributed by atoms with E-state index in [1.165, 1.54) is 19.3 Å². The Balaban J connectivity index is 0.000000861. The fourth-order valence-electron chi connectivity index (χ4n) is 1.33. The molecule has 2 heterocycles. The number of hydrogen-bond donors (Lipinski definition) is 1. The highest BCUT2D eigenvalue weighted by Gasteiger charge is 2.37. The van der Waals surface area contributed by atoms with Crippen molar-refractivity contribution in [2.24, 2.45) is 0 Å². The molecule has 0 radical (unpaired) electrons. The minimum Gasteiger partial charge on any atom is -0.383 e. The van der Waals surface area contributed by atoms with E-state index in [1.807, 2.05) is 13.8 Å². The molecule has 0 saturated carbocycles. The van der Waals surface area contributed by atoms with Crippen molar-refractivity contribution < 1.29 is 13.2 Å². The zero-order valence-electron chi connectivity index (χ0n) is 10.7. The van der Waals surface area contributed by atoms with Gasteiger partial charge in [-0.2, -0.15) is 23.0 Å². The highest BCUT2D eigenvalue weighted by atomic mass is 19.4. The minimum atomic E-state index is -4.54. The van der Waals surface area contributed by atoms with Gasteiger partial charge in [-0.05, 0) is 13.0 Å². The topological polar surface area (TPSA) is 69.6 Å². The monoisotopic (exact) mass is 273 g/mol. The molecule has 0 atom stereocenters. The first kappa shape index (κ1) is 14.9. The lowest BCUT2D eigenvalue weighted by atomic mass is 10.2. The van der Waals surface area contributed by atoms with E-state index >= 15 is 0 Å². The van der Waals surface area contributed by atoms with E-state index in [1.54, 1.807) is 6.07 Å². The number of aromatic nitrogens is 4. The highest BCUT2D eigenvalue weighted by Crippen LogP contribution is 2.33. The maximum Gasteiger partial charge on any atom is 0.435 e. The number of halogens is 3. The second kappa shape index (κ2) is 5.68. The summed E-state index contributed by atoms with van der Waals surface area (Å²) in [7, 11) is 0. The van der Waals surface area contributed by atoms with E-state index in [0.717, 1.165) is 4.68 Å². The average molecular weight is 273 g/mol. The van der Waals surface area contributed by atoms with Crippen molar-refractivity contribution in [3.63, 3.8) is 0 Å². The Morgan fingerprint density at radius 2 is 1.68 bits per heavy atom. The van der Waals surface area contributed by atoms with Crippen molar-refractivity contribution in [2.75, 3.05) is 5.73 Å². The van der Waals surface area contributed by atoms with Crippen LogP contribution in [0.5, 0.6) is 0 Å². The van der Waals surface area contributed by atoms with Crippen LogP contribution in [0.15, 0.2) is 18.5 Å². The number of hydrogen-bond acceptors (Lipinski definition) is 4. The second-order valence-electron chi connectivity index (χ2n) is 3.32. The summed E-state index contributed by atoms with van der Waals surface area (Å²) < 4.78 is 38.6. The Morgan fingerprint density at radius 3 is 2.11 bits per heavy atom. The van der Waals surface area contributed by atoms with Gasteiger partial charge in [-0.25, -0.2) is 9.97 Å². The Labute approximate surface area is 108 Å². The molecule has 19 heavy (non-hydrogen) atoms. The normalized spacial score (nSPS) is 10.8. The summed E-state index contributed by atoms with van der Waals surface area (Å²) in [4.78, 5) is 7.58. The Morgan fingerprint density at radius 1 is 1.16 bits per heavy atom. The largest absolute Gasteiger partial charge is 0.435 e. The van der Waals surface area contributed by atoms with Crippen molar-refractivity contribution in [3.8, 4) is 5.95 Å². The van der Waals surface area contributed by atoms with Crippen LogP contribution in [0.2, 0.25) is 0 Å². The smallest absolute Gasteiger partial charge is 0.383 e. The van der Waals surface area contributed by atoms with Crippen LogP contribution < -0.4 is 5.73 Å². The molecule has 0 saturated heterocycles. The summed E-state index contributed by atoms with van der Waals surface area (Å²) in [6.07, 6.45) is -1.75. The van der Waals surface area contributed by atoms with Gasteiger partial charge in [0.25, 0.3) is 5.95 Å². The van der Waals surface area contributed by atoms with Crippen molar-refractivity contribution in [1.29, 1.82) is 0 Å². The average Bonchev–Trinajstić information content (AvgIpc) is 2.70. The first-order valence-corrected chi connectivity index (χ1v) is 5.61. The molecule has 0 aliphatic heterocycles. The summed E-state index contributed by atoms with van der Waals surface area (Å²) in [5.41, 5.74) is 4.39. The number of nitrogens with two attached hydrogens (primary N) is 1. The molecule has 104 valence electrons. The first-order chi connectivity index (χ1) is 8.91. The molecule has 2 N–H and O–H groups in total. The van der Waals surface area contributed by atoms with E-state index < -0.39 is 11.9 Å². The van der Waals surface area contributed by atoms with Gasteiger partial charge in [-0.15, -0.1) is 0 Å². The molecule has 2 aromatic rings. The molecule has 2 aromatic heterocycles. The molecule has 0 bridgehead atoms. The maximum absolute atomic E-state index is 12.6. The predicted molar refractivity (Wildman–Crippen MR) is 64.7 cm³/mol. The molecule has 8 heteroatoms. The maximum atomic E-state index is 12.6. The lowest BCUT2D eigenvalue weighted by molar-refractivity contribution is -0.141. The van der Waals surface area contributed by atoms with Gasteiger partial charge in [0.1, 0.15) is 5.82 Å². The number of nitrogen functional groups attached to an aromatic ring is 1. The zero-order valence-corrected chi connectivity index (χ0v) is 10.7. The van der Waals surface area contributed by atoms with Crippen molar-refractivity contribution in [2.45, 2.75) is 26.9 Å². The lowest BCUT2D eigenvalue weighted by Crippen LogP contribution is -2.09. The van der Waals surface area contributed by atoms with E-state index in [0.29, 0.717) is 0 Å². The van der Waals surface area contributed by atoms with Crippen LogP contribution in [0.4, 0.5) is 19.0 Å². The van der Waals surface area contributed by atoms with Gasteiger partial charge in [0.15, 0.2) is 5.69 Å². The molecule has 2 rings (SSSR count). The molecular weight excluding hydrogens is 259 g/mol. The van der Waals surface area contributed by atoms with Gasteiger partial charge >= 0.3 is 6.18 Å². The van der Waals surface area contributed by atoms with Gasteiger partial charge in [0.2, 0.25) is 0 Å². The van der Waals surface area contributed by atoms with Crippen LogP contribution in [-0.4, -0.2) is 19.7 Å². The number of alkyl halides is 3. The number of anilines is 1. The first-order valence-electron chi connectivity index (χ1n) is 5.61. The summed E-state index contributed by atoms with van der Waals surface area (Å²) in [6, 6.07) is 1.54. The fraction of sp³-hybridized carbons (Fsp3) is 0.364. The van der Waals surface area contributed by atoms with Crippen molar-refractivity contribution in [1.82, 2.24) is 19.7 Å². The standard InChI is InChI=1S/C9H8F3N5.C2H6/c1-5-6(9(10,11)12)16-17(7(5)13)8-14-3-2-4-15-8;1-2/h2-4H,13H2,1H3;1-2H3. The van der Waals surface area contributed by atoms with Crippen LogP contribution in [0.3, 0.4) is 0 Å². The Hall–Kier alpha value is -2.12. The summed E-state index contributed by atoms with van der Waals surface area (Å²) >= 11 is 0. The van der Waals surface area contributed by atoms with Crippen LogP contribution in [-0.2, 0) is 6.18 Å². The van der Waals surface area contributed by atoms with Crippen LogP contribution in [0, 0.1) is 6.92 Å². The molecule has 0 fully saturated rings. The van der Waals surface area contributed by atoms with Gasteiger partial charge in [0.05, 0.1) is 0 Å². The molecule has 0 unspecified atom stereocenters. The predicted octanol–water partition coefficient (Wildman–Crippen LogP) is 2.60. The highest BCUT2D eigenvalue weighted by molar-refractivity contribution is 5.46. The van der Waals surface area contributed by atoms with E-state index in [4.69, 9.17) is 5.73 Å². The quantitative estimate of drug-likeness (QED) is 0.867. The molecule has 0 aliphatic carbocycles. The lowest BCUT2D eigenvalue weighted by Gasteiger charge is -2.01. The summed E-state index contributed by atoms with van der Waals surface area (Å²) in [5, 5.41) is 3.39. The molecule has 0 spiro atoms. The minimum absolute atomic E-state index is 0.00333. The molecular formula is C11H14F3N5. The van der Waals surface area contributed by atoms with Gasteiger partial charge in [-0.3, -0.25) is 0 Å². The fourth-order valence-corrected chi connectivity index (χ4v) is 1.33. The van der Waals surface area contributed by atoms with Crippen molar-refractivity contribution in [3.05, 3.63) is 29.7 Å². The third kappa shape index (κ3) is 3.01. The Kier molecular flexibility index (Phi) is 4.47. The van der Waals surface area contributed by atoms with Gasteiger partial charge < -0.3 is 5.73 Å². The molecule has 5 nitrogen and oxygen atoms in total. The SMILES string of the molecule is CC.Cc1c(C(F)(F)F)nn(-c2ncccn2)c1N. The molecule has 0 amide bonds. The van der Waals surface area contributed by atoms with Gasteiger partial charge in [-0.1, -0.05) is 13.8 Å². The Bertz CT molecular complexity index is 533. The van der Waals surface area contributed by atoms with Crippen LogP contribution in [0.1, 0.15) is 25.1 Å². The van der Waals surface area contributed by atoms with E-state index in [2.05, 4.69) is 15.1 Å². The molecule has 0 aromatic carbocycles. The summed E-state index contributed by atoms with van der Waals surface area (Å²) in [5.74, 6) is -0.118. The third-order valence-electron chi connectivity index (χ3n) is 2.18. The van der Waals surface area contributed by atoms with Crippen LogP contribution in [0.25, 0.3) is 5.95 Å². The summed E-state index contributed by atoms with van der Waals surface area (Å²) in [6.45, 7) is 5.25. The van der Waals surface area contributed by atoms with Gasteiger partial charge in [0, 0.05) is 18.0 Å². The van der Waals surface area contributed by atoms with Crippen LogP contribution >= 0.6 is 0 Å². The zero-order chi connectivity index (χ0) is 14.6. The van der Waals surface area contributed by atoms with E-state index in [-0.39, 0.29) is 17.3 Å². The van der Waals surface area contributed by atoms with Crippen molar-refractivity contribution >= 4 is 5.82 Å². The molecule has 0 aliphatic rings. The third-order valence-corrected chi connectivity index (χ3v) is 2.18. The number of nitrogens with zero attached hydrogens (tertiary/aromatic N) is 4. The second-order valence-corrected chi connectivity index (χ2v) is 3.32.